The van der Waals surface area contributed by atoms with Gasteiger partial charge in [-0.1, -0.05) is 38.1 Å². The maximum absolute atomic E-state index is 9.50. The minimum absolute atomic E-state index is 0.115. The van der Waals surface area contributed by atoms with Crippen LogP contribution < -0.4 is 3.07 Å². The topological polar surface area (TPSA) is 42.0 Å². The van der Waals surface area contributed by atoms with E-state index >= 15 is 0 Å². The van der Waals surface area contributed by atoms with Crippen LogP contribution >= 0.6 is 21.1 Å². The van der Waals surface area contributed by atoms with Crippen molar-refractivity contribution in [2.45, 2.75) is 50.7 Å². The number of epoxide rings is 1. The Hall–Kier alpha value is -1.40. The molecule has 138 valence electrons. The zero-order valence-electron chi connectivity index (χ0n) is 15.2. The fourth-order valence-corrected chi connectivity index (χ4v) is 5.47. The molecule has 4 heteroatoms. The van der Waals surface area contributed by atoms with Gasteiger partial charge in [0.1, 0.15) is 32.6 Å². The molecule has 0 bridgehead atoms. The Balaban J connectivity index is 1.38. The fourth-order valence-electron chi connectivity index (χ4n) is 3.67. The van der Waals surface area contributed by atoms with Crippen LogP contribution in [-0.4, -0.2) is 21.3 Å². The summed E-state index contributed by atoms with van der Waals surface area (Å²) >= 11 is -0.375. The van der Waals surface area contributed by atoms with Gasteiger partial charge in [0.2, 0.25) is 0 Å². The van der Waals surface area contributed by atoms with E-state index in [0.29, 0.717) is 23.9 Å². The summed E-state index contributed by atoms with van der Waals surface area (Å²) in [5.41, 5.74) is 2.31. The highest BCUT2D eigenvalue weighted by Gasteiger charge is 2.43. The average molecular weight is 464 g/mol. The number of halogens is 1. The Morgan fingerprint density at radius 1 is 1.00 bits per heavy atom. The van der Waals surface area contributed by atoms with Gasteiger partial charge in [0.15, 0.2) is 0 Å². The van der Waals surface area contributed by atoms with Crippen molar-refractivity contribution in [1.82, 2.24) is 0 Å². The third-order valence-corrected chi connectivity index (χ3v) is 7.65. The molecular formula is C22H25IO3. The van der Waals surface area contributed by atoms with E-state index in [1.54, 1.807) is 12.1 Å². The number of hydrogen-bond donors (Lipinski definition) is 1. The van der Waals surface area contributed by atoms with Crippen LogP contribution in [0.15, 0.2) is 48.5 Å². The van der Waals surface area contributed by atoms with E-state index in [9.17, 15) is 5.11 Å². The van der Waals surface area contributed by atoms with Gasteiger partial charge in [-0.3, -0.25) is 0 Å². The molecule has 1 heterocycles. The van der Waals surface area contributed by atoms with E-state index in [1.165, 1.54) is 30.4 Å². The molecule has 0 radical (unpaired) electrons. The summed E-state index contributed by atoms with van der Waals surface area (Å²) in [5, 5.41) is 9.50. The second kappa shape index (κ2) is 7.31. The fraction of sp³-hybridized carbons (Fsp3) is 0.409. The van der Waals surface area contributed by atoms with Crippen molar-refractivity contribution in [3.63, 3.8) is 0 Å². The Labute approximate surface area is 165 Å². The minimum Gasteiger partial charge on any atom is -0.508 e. The SMILES string of the molecule is CC(C)(c1ccc(O)cc1)c1ccc(OI=CC2CCC3OC3C2)cc1. The molecule has 2 fully saturated rings. The molecule has 1 saturated heterocycles. The molecule has 2 aromatic rings. The second-order valence-electron chi connectivity index (χ2n) is 7.77. The lowest BCUT2D eigenvalue weighted by atomic mass is 9.78. The van der Waals surface area contributed by atoms with Gasteiger partial charge in [0.25, 0.3) is 0 Å². The van der Waals surface area contributed by atoms with Gasteiger partial charge in [-0.15, -0.1) is 0 Å². The van der Waals surface area contributed by atoms with Gasteiger partial charge in [-0.05, 0) is 64.6 Å². The largest absolute Gasteiger partial charge is 0.508 e. The van der Waals surface area contributed by atoms with E-state index in [2.05, 4.69) is 42.1 Å². The number of fused-ring (bicyclic) bond motifs is 1. The first-order valence-corrected chi connectivity index (χ1v) is 11.3. The van der Waals surface area contributed by atoms with Gasteiger partial charge in [0, 0.05) is 5.41 Å². The molecule has 1 saturated carbocycles. The molecular weight excluding hydrogens is 439 g/mol. The highest BCUT2D eigenvalue weighted by atomic mass is 127. The molecule has 0 aromatic heterocycles. The van der Waals surface area contributed by atoms with Gasteiger partial charge in [-0.2, -0.15) is 0 Å². The molecule has 1 aliphatic carbocycles. The third kappa shape index (κ3) is 3.96. The summed E-state index contributed by atoms with van der Waals surface area (Å²) in [4.78, 5) is 0. The van der Waals surface area contributed by atoms with E-state index in [0.717, 1.165) is 5.75 Å². The lowest BCUT2D eigenvalue weighted by Gasteiger charge is -2.26. The van der Waals surface area contributed by atoms with Crippen LogP contribution in [0.25, 0.3) is 0 Å². The summed E-state index contributed by atoms with van der Waals surface area (Å²) in [7, 11) is 0. The number of rotatable bonds is 5. The highest BCUT2D eigenvalue weighted by Crippen LogP contribution is 2.39. The van der Waals surface area contributed by atoms with Gasteiger partial charge in [0.05, 0.1) is 12.2 Å². The summed E-state index contributed by atoms with van der Waals surface area (Å²) in [6, 6.07) is 15.9. The van der Waals surface area contributed by atoms with E-state index in [-0.39, 0.29) is 26.6 Å². The Morgan fingerprint density at radius 2 is 1.65 bits per heavy atom. The molecule has 3 unspecified atom stereocenters. The number of hydrogen-bond acceptors (Lipinski definition) is 3. The molecule has 2 aromatic carbocycles. The molecule has 4 rings (SSSR count). The van der Waals surface area contributed by atoms with E-state index < -0.39 is 0 Å². The number of ether oxygens (including phenoxy) is 1. The van der Waals surface area contributed by atoms with Crippen molar-refractivity contribution < 1.29 is 12.9 Å². The molecule has 0 amide bonds. The summed E-state index contributed by atoms with van der Waals surface area (Å²) in [6.07, 6.45) is 4.77. The van der Waals surface area contributed by atoms with Crippen LogP contribution in [0, 0.1) is 5.92 Å². The number of phenolic OH excluding ortho intramolecular Hbond substituents is 1. The van der Waals surface area contributed by atoms with E-state index in [4.69, 9.17) is 7.80 Å². The first-order chi connectivity index (χ1) is 12.5. The molecule has 0 spiro atoms. The Bertz CT molecular complexity index is 780. The van der Waals surface area contributed by atoms with Gasteiger partial charge < -0.3 is 12.9 Å². The third-order valence-electron chi connectivity index (χ3n) is 5.57. The maximum Gasteiger partial charge on any atom is 0.132 e. The predicted molar refractivity (Wildman–Crippen MR) is 113 cm³/mol. The van der Waals surface area contributed by atoms with Crippen molar-refractivity contribution in [3.8, 4) is 11.5 Å². The van der Waals surface area contributed by atoms with Crippen molar-refractivity contribution in [1.29, 1.82) is 0 Å². The minimum atomic E-state index is -0.375. The van der Waals surface area contributed by atoms with Crippen molar-refractivity contribution >= 4 is 25.2 Å². The number of phenols is 1. The molecule has 3 atom stereocenters. The number of benzene rings is 2. The van der Waals surface area contributed by atoms with Crippen molar-refractivity contribution in [3.05, 3.63) is 59.7 Å². The summed E-state index contributed by atoms with van der Waals surface area (Å²) in [6.45, 7) is 4.40. The molecule has 1 aliphatic heterocycles. The van der Waals surface area contributed by atoms with Crippen LogP contribution in [-0.2, 0) is 10.2 Å². The zero-order valence-corrected chi connectivity index (χ0v) is 17.3. The molecule has 2 aliphatic rings. The van der Waals surface area contributed by atoms with Crippen molar-refractivity contribution in [2.24, 2.45) is 5.92 Å². The maximum atomic E-state index is 9.50. The van der Waals surface area contributed by atoms with Crippen molar-refractivity contribution in [2.75, 3.05) is 0 Å². The smallest absolute Gasteiger partial charge is 0.132 e. The monoisotopic (exact) mass is 464 g/mol. The lowest BCUT2D eigenvalue weighted by molar-refractivity contribution is 0.371. The van der Waals surface area contributed by atoms with E-state index in [1.807, 2.05) is 12.1 Å². The normalized spacial score (nSPS) is 25.4. The Morgan fingerprint density at radius 3 is 2.31 bits per heavy atom. The summed E-state index contributed by atoms with van der Waals surface area (Å²) < 4.78 is 14.0. The first kappa shape index (κ1) is 18.0. The summed E-state index contributed by atoms with van der Waals surface area (Å²) in [5.74, 6) is 1.94. The first-order valence-electron chi connectivity index (χ1n) is 9.21. The van der Waals surface area contributed by atoms with Crippen LogP contribution in [0.4, 0.5) is 0 Å². The lowest BCUT2D eigenvalue weighted by Crippen LogP contribution is -2.18. The molecule has 26 heavy (non-hydrogen) atoms. The standard InChI is InChI=1S/C22H25IO3/c1-22(2,16-4-8-18(24)9-5-16)17-6-10-19(11-7-17)26-23-14-15-3-12-20-21(13-15)25-20/h4-11,14-15,20-21,24H,3,12-13H2,1-2H3. The van der Waals surface area contributed by atoms with Gasteiger partial charge in [-0.25, -0.2) is 0 Å². The Kier molecular flexibility index (Phi) is 5.06. The van der Waals surface area contributed by atoms with Gasteiger partial charge >= 0.3 is 0 Å². The average Bonchev–Trinajstić information content (AvgIpc) is 3.41. The zero-order chi connectivity index (χ0) is 18.1. The van der Waals surface area contributed by atoms with Crippen LogP contribution in [0.3, 0.4) is 0 Å². The predicted octanol–water partition coefficient (Wildman–Crippen LogP) is 5.35. The number of aromatic hydroxyl groups is 1. The van der Waals surface area contributed by atoms with Crippen LogP contribution in [0.1, 0.15) is 44.2 Å². The van der Waals surface area contributed by atoms with Crippen LogP contribution in [0.2, 0.25) is 0 Å². The second-order valence-corrected chi connectivity index (χ2v) is 9.44. The highest BCUT2D eigenvalue weighted by molar-refractivity contribution is 14.2. The molecule has 1 N–H and O–H groups in total. The van der Waals surface area contributed by atoms with Crippen LogP contribution in [0.5, 0.6) is 11.5 Å². The molecule has 3 nitrogen and oxygen atoms in total. The quantitative estimate of drug-likeness (QED) is 0.479.